The molecule has 0 aliphatic carbocycles. The van der Waals surface area contributed by atoms with Crippen molar-refractivity contribution in [2.75, 3.05) is 48.3 Å². The fraction of sp³-hybridized carbons (Fsp3) is 0.200. The molecule has 202 valence electrons. The second-order valence-corrected chi connectivity index (χ2v) is 11.2. The number of pyridine rings is 1. The Morgan fingerprint density at radius 1 is 1.15 bits per heavy atom. The normalized spacial score (nSPS) is 14.1. The van der Waals surface area contributed by atoms with Crippen molar-refractivity contribution in [3.8, 4) is 11.4 Å². The molecule has 4 aromatic rings. The predicted octanol–water partition coefficient (Wildman–Crippen LogP) is 2.95. The molecule has 4 heterocycles. The maximum Gasteiger partial charge on any atom is 0.267 e. The number of carbonyl (C=O) groups is 1. The van der Waals surface area contributed by atoms with Gasteiger partial charge in [0.15, 0.2) is 11.6 Å². The number of fused-ring (bicyclic) bond motifs is 1. The molecule has 3 aromatic heterocycles. The number of rotatable bonds is 8. The van der Waals surface area contributed by atoms with E-state index in [0.29, 0.717) is 54.0 Å². The maximum absolute atomic E-state index is 13.2. The summed E-state index contributed by atoms with van der Waals surface area (Å²) in [5.74, 6) is 1.19. The van der Waals surface area contributed by atoms with E-state index in [4.69, 9.17) is 19.9 Å². The van der Waals surface area contributed by atoms with Gasteiger partial charge in [-0.2, -0.15) is 0 Å². The van der Waals surface area contributed by atoms with Gasteiger partial charge in [-0.25, -0.2) is 28.8 Å². The third kappa shape index (κ3) is 5.98. The zero-order valence-corrected chi connectivity index (χ0v) is 22.4. The summed E-state index contributed by atoms with van der Waals surface area (Å²) in [6.45, 7) is 2.43. The molecule has 1 saturated heterocycles. The number of nitrogens with one attached hydrogen (secondary N) is 3. The van der Waals surface area contributed by atoms with E-state index in [1.54, 1.807) is 31.4 Å². The number of anilines is 3. The zero-order valence-electron chi connectivity index (χ0n) is 20.8. The van der Waals surface area contributed by atoms with Gasteiger partial charge in [-0.05, 0) is 42.0 Å². The van der Waals surface area contributed by atoms with Gasteiger partial charge in [0.05, 0.1) is 28.3 Å². The summed E-state index contributed by atoms with van der Waals surface area (Å²) in [5.41, 5.74) is 3.30. The number of carbonyl (C=O) groups excluding carboxylic acids is 1. The Hall–Kier alpha value is -4.11. The lowest BCUT2D eigenvalue weighted by Gasteiger charge is -2.28. The van der Waals surface area contributed by atoms with Crippen molar-refractivity contribution >= 4 is 60.2 Å². The molecule has 0 radical (unpaired) electrons. The van der Waals surface area contributed by atoms with Crippen LogP contribution in [0.3, 0.4) is 0 Å². The number of hydrogen-bond donors (Lipinski definition) is 4. The third-order valence-corrected chi connectivity index (χ3v) is 8.41. The van der Waals surface area contributed by atoms with E-state index >= 15 is 0 Å². The van der Waals surface area contributed by atoms with Crippen LogP contribution in [0.2, 0.25) is 0 Å². The van der Waals surface area contributed by atoms with E-state index in [2.05, 4.69) is 19.9 Å². The highest BCUT2D eigenvalue weighted by molar-refractivity contribution is 7.93. The number of benzene rings is 1. The number of sulfonamides is 1. The summed E-state index contributed by atoms with van der Waals surface area (Å²) in [7, 11) is -2.17. The van der Waals surface area contributed by atoms with Crippen molar-refractivity contribution in [3.63, 3.8) is 0 Å². The molecule has 0 spiro atoms. The Balaban J connectivity index is 1.50. The SMILES string of the molecule is CNc1ccc(-c2nc(N3CCOCC3)c3sc(NS(=O)(=O)c4cccc(/C=C/C(=O)NO)c4)cc3n2)cn1. The molecule has 39 heavy (non-hydrogen) atoms. The van der Waals surface area contributed by atoms with Crippen molar-refractivity contribution in [1.82, 2.24) is 20.4 Å². The number of aromatic nitrogens is 3. The van der Waals surface area contributed by atoms with Crippen LogP contribution >= 0.6 is 11.3 Å². The smallest absolute Gasteiger partial charge is 0.267 e. The number of amides is 1. The number of nitrogens with zero attached hydrogens (tertiary/aromatic N) is 4. The molecular weight excluding hydrogens is 542 g/mol. The van der Waals surface area contributed by atoms with Crippen LogP contribution in [0.4, 0.5) is 16.6 Å². The molecular formula is C25H25N7O5S2. The zero-order chi connectivity index (χ0) is 27.4. The molecule has 4 N–H and O–H groups in total. The van der Waals surface area contributed by atoms with Gasteiger partial charge in [0.1, 0.15) is 10.8 Å². The number of hydroxylamine groups is 1. The Bertz CT molecular complexity index is 1630. The summed E-state index contributed by atoms with van der Waals surface area (Å²) in [6, 6.07) is 11.5. The maximum atomic E-state index is 13.2. The first-order valence-electron chi connectivity index (χ1n) is 11.9. The molecule has 14 heteroatoms. The van der Waals surface area contributed by atoms with E-state index in [1.807, 2.05) is 12.1 Å². The van der Waals surface area contributed by atoms with Crippen molar-refractivity contribution in [2.24, 2.45) is 0 Å². The summed E-state index contributed by atoms with van der Waals surface area (Å²) < 4.78 is 35.4. The second-order valence-electron chi connectivity index (χ2n) is 8.46. The molecule has 1 amide bonds. The van der Waals surface area contributed by atoms with Gasteiger partial charge in [-0.3, -0.25) is 14.7 Å². The molecule has 1 aliphatic heterocycles. The standard InChI is InChI=1S/C25H25N7O5S2/c1-26-20-7-6-17(15-27-20)24-28-19-14-22(38-23(19)25(29-24)32-9-11-37-12-10-32)31-39(35,36)18-4-2-3-16(13-18)5-8-21(33)30-34/h2-8,13-15,31,34H,9-12H2,1H3,(H,26,27)(H,30,33)/b8-5+. The molecule has 0 unspecified atom stereocenters. The lowest BCUT2D eigenvalue weighted by molar-refractivity contribution is -0.124. The van der Waals surface area contributed by atoms with Gasteiger partial charge in [-0.15, -0.1) is 11.3 Å². The van der Waals surface area contributed by atoms with Gasteiger partial charge in [-0.1, -0.05) is 12.1 Å². The first-order chi connectivity index (χ1) is 18.9. The Kier molecular flexibility index (Phi) is 7.70. The topological polar surface area (TPSA) is 159 Å². The fourth-order valence-electron chi connectivity index (χ4n) is 3.94. The predicted molar refractivity (Wildman–Crippen MR) is 149 cm³/mol. The lowest BCUT2D eigenvalue weighted by atomic mass is 10.2. The summed E-state index contributed by atoms with van der Waals surface area (Å²) in [6.07, 6.45) is 4.18. The van der Waals surface area contributed by atoms with E-state index in [-0.39, 0.29) is 4.90 Å². The largest absolute Gasteiger partial charge is 0.378 e. The van der Waals surface area contributed by atoms with Crippen LogP contribution in [0.15, 0.2) is 59.6 Å². The molecule has 0 bridgehead atoms. The van der Waals surface area contributed by atoms with Gasteiger partial charge >= 0.3 is 0 Å². The number of ether oxygens (including phenoxy) is 1. The minimum atomic E-state index is -3.96. The van der Waals surface area contributed by atoms with Crippen molar-refractivity contribution < 1.29 is 23.2 Å². The van der Waals surface area contributed by atoms with Crippen LogP contribution in [0.25, 0.3) is 27.7 Å². The molecule has 1 aromatic carbocycles. The third-order valence-electron chi connectivity index (χ3n) is 5.88. The number of thiophene rings is 1. The monoisotopic (exact) mass is 567 g/mol. The first kappa shape index (κ1) is 26.5. The molecule has 1 aliphatic rings. The molecule has 1 fully saturated rings. The van der Waals surface area contributed by atoms with E-state index in [1.165, 1.54) is 35.0 Å². The van der Waals surface area contributed by atoms with Crippen LogP contribution in [-0.2, 0) is 19.6 Å². The number of morpholine rings is 1. The average molecular weight is 568 g/mol. The van der Waals surface area contributed by atoms with Gasteiger partial charge in [0.2, 0.25) is 0 Å². The highest BCUT2D eigenvalue weighted by Crippen LogP contribution is 2.37. The second kappa shape index (κ2) is 11.3. The van der Waals surface area contributed by atoms with E-state index in [9.17, 15) is 13.2 Å². The minimum Gasteiger partial charge on any atom is -0.378 e. The summed E-state index contributed by atoms with van der Waals surface area (Å²) in [5, 5.41) is 12.0. The van der Waals surface area contributed by atoms with Crippen LogP contribution < -0.4 is 20.4 Å². The molecule has 0 atom stereocenters. The van der Waals surface area contributed by atoms with Crippen molar-refractivity contribution in [3.05, 3.63) is 60.3 Å². The van der Waals surface area contributed by atoms with Crippen LogP contribution in [-0.4, -0.2) is 67.8 Å². The lowest BCUT2D eigenvalue weighted by Crippen LogP contribution is -2.36. The van der Waals surface area contributed by atoms with Gasteiger partial charge in [0, 0.05) is 38.0 Å². The van der Waals surface area contributed by atoms with Crippen molar-refractivity contribution in [2.45, 2.75) is 4.90 Å². The first-order valence-corrected chi connectivity index (χ1v) is 14.2. The summed E-state index contributed by atoms with van der Waals surface area (Å²) >= 11 is 1.25. The molecule has 5 rings (SSSR count). The quantitative estimate of drug-likeness (QED) is 0.142. The Labute approximate surface area is 228 Å². The van der Waals surface area contributed by atoms with Crippen molar-refractivity contribution in [1.29, 1.82) is 0 Å². The van der Waals surface area contributed by atoms with Gasteiger partial charge < -0.3 is 15.0 Å². The average Bonchev–Trinajstić information content (AvgIpc) is 3.37. The van der Waals surface area contributed by atoms with Crippen LogP contribution in [0, 0.1) is 0 Å². The fourth-order valence-corrected chi connectivity index (χ4v) is 6.30. The van der Waals surface area contributed by atoms with Crippen LogP contribution in [0.5, 0.6) is 0 Å². The van der Waals surface area contributed by atoms with Gasteiger partial charge in [0.25, 0.3) is 15.9 Å². The summed E-state index contributed by atoms with van der Waals surface area (Å²) in [4.78, 5) is 27.3. The Morgan fingerprint density at radius 3 is 2.69 bits per heavy atom. The highest BCUT2D eigenvalue weighted by Gasteiger charge is 2.22. The molecule has 12 nitrogen and oxygen atoms in total. The van der Waals surface area contributed by atoms with E-state index in [0.717, 1.165) is 22.2 Å². The minimum absolute atomic E-state index is 0.0161. The van der Waals surface area contributed by atoms with E-state index < -0.39 is 15.9 Å². The van der Waals surface area contributed by atoms with Crippen LogP contribution in [0.1, 0.15) is 5.56 Å². The highest BCUT2D eigenvalue weighted by atomic mass is 32.2. The molecule has 0 saturated carbocycles. The Morgan fingerprint density at radius 2 is 1.97 bits per heavy atom. The number of hydrogen-bond acceptors (Lipinski definition) is 11.